The van der Waals surface area contributed by atoms with Crippen LogP contribution in [0.2, 0.25) is 5.02 Å². The number of hydrogen-bond acceptors (Lipinski definition) is 3. The second-order valence-electron chi connectivity index (χ2n) is 5.07. The third-order valence-electron chi connectivity index (χ3n) is 3.89. The molecule has 0 unspecified atom stereocenters. The summed E-state index contributed by atoms with van der Waals surface area (Å²) in [6.07, 6.45) is 2.16. The van der Waals surface area contributed by atoms with Crippen molar-refractivity contribution in [1.29, 1.82) is 5.26 Å². The highest BCUT2D eigenvalue weighted by Gasteiger charge is 2.29. The quantitative estimate of drug-likeness (QED) is 0.892. The molecule has 0 amide bonds. The molecule has 3 nitrogen and oxygen atoms in total. The Balaban J connectivity index is 2.18. The second-order valence-corrected chi connectivity index (χ2v) is 5.51. The van der Waals surface area contributed by atoms with Gasteiger partial charge in [-0.1, -0.05) is 11.6 Å². The standard InChI is InChI=1S/C14H18ClN3/c1-14(17-2)5-7-18(8-6-14)13-4-3-12(15)9-11(13)10-16/h3-4,9,17H,5-8H2,1-2H3. The van der Waals surface area contributed by atoms with Crippen LogP contribution in [0.4, 0.5) is 5.69 Å². The SMILES string of the molecule is CNC1(C)CCN(c2ccc(Cl)cc2C#N)CC1. The van der Waals surface area contributed by atoms with Crippen molar-refractivity contribution in [3.05, 3.63) is 28.8 Å². The van der Waals surface area contributed by atoms with Crippen LogP contribution in [0, 0.1) is 11.3 Å². The van der Waals surface area contributed by atoms with E-state index in [1.165, 1.54) is 0 Å². The molecule has 18 heavy (non-hydrogen) atoms. The van der Waals surface area contributed by atoms with E-state index < -0.39 is 0 Å². The van der Waals surface area contributed by atoms with Crippen LogP contribution in [0.1, 0.15) is 25.3 Å². The van der Waals surface area contributed by atoms with Gasteiger partial charge in [0.05, 0.1) is 11.3 Å². The van der Waals surface area contributed by atoms with Crippen molar-refractivity contribution in [2.24, 2.45) is 0 Å². The summed E-state index contributed by atoms with van der Waals surface area (Å²) in [5.41, 5.74) is 1.88. The van der Waals surface area contributed by atoms with Crippen molar-refractivity contribution in [2.75, 3.05) is 25.0 Å². The predicted octanol–water partition coefficient (Wildman–Crippen LogP) is 2.79. The number of halogens is 1. The maximum Gasteiger partial charge on any atom is 0.101 e. The topological polar surface area (TPSA) is 39.1 Å². The summed E-state index contributed by atoms with van der Waals surface area (Å²) in [5, 5.41) is 13.2. The van der Waals surface area contributed by atoms with E-state index in [0.717, 1.165) is 31.6 Å². The van der Waals surface area contributed by atoms with Gasteiger partial charge in [0, 0.05) is 23.7 Å². The lowest BCUT2D eigenvalue weighted by Gasteiger charge is -2.40. The molecule has 1 aliphatic heterocycles. The van der Waals surface area contributed by atoms with Gasteiger partial charge in [0.25, 0.3) is 0 Å². The molecule has 0 aliphatic carbocycles. The van der Waals surface area contributed by atoms with Gasteiger partial charge in [0.2, 0.25) is 0 Å². The first-order valence-corrected chi connectivity index (χ1v) is 6.59. The largest absolute Gasteiger partial charge is 0.370 e. The summed E-state index contributed by atoms with van der Waals surface area (Å²) in [7, 11) is 2.01. The van der Waals surface area contributed by atoms with Crippen LogP contribution < -0.4 is 10.2 Å². The number of benzene rings is 1. The Morgan fingerprint density at radius 1 is 1.39 bits per heavy atom. The Hall–Kier alpha value is -1.24. The van der Waals surface area contributed by atoms with Crippen LogP contribution in [-0.2, 0) is 0 Å². The van der Waals surface area contributed by atoms with Gasteiger partial charge in [-0.05, 0) is 45.0 Å². The molecule has 1 aliphatic rings. The smallest absolute Gasteiger partial charge is 0.101 e. The molecule has 0 atom stereocenters. The minimum absolute atomic E-state index is 0.218. The van der Waals surface area contributed by atoms with Gasteiger partial charge in [-0.3, -0.25) is 0 Å². The van der Waals surface area contributed by atoms with E-state index in [-0.39, 0.29) is 5.54 Å². The van der Waals surface area contributed by atoms with Gasteiger partial charge in [-0.2, -0.15) is 5.26 Å². The Bertz CT molecular complexity index is 470. The van der Waals surface area contributed by atoms with E-state index in [9.17, 15) is 5.26 Å². The van der Waals surface area contributed by atoms with Crippen LogP contribution in [0.5, 0.6) is 0 Å². The number of nitrogens with zero attached hydrogens (tertiary/aromatic N) is 2. The van der Waals surface area contributed by atoms with Gasteiger partial charge < -0.3 is 10.2 Å². The summed E-state index contributed by atoms with van der Waals surface area (Å²) in [6.45, 7) is 4.18. The predicted molar refractivity (Wildman–Crippen MR) is 75.1 cm³/mol. The third kappa shape index (κ3) is 2.60. The molecule has 1 aromatic carbocycles. The first-order valence-electron chi connectivity index (χ1n) is 6.21. The Morgan fingerprint density at radius 2 is 2.06 bits per heavy atom. The molecule has 1 heterocycles. The maximum atomic E-state index is 9.17. The highest BCUT2D eigenvalue weighted by Crippen LogP contribution is 2.29. The molecule has 1 N–H and O–H groups in total. The molecule has 0 radical (unpaired) electrons. The molecule has 0 saturated carbocycles. The van der Waals surface area contributed by atoms with E-state index >= 15 is 0 Å². The van der Waals surface area contributed by atoms with Crippen molar-refractivity contribution in [1.82, 2.24) is 5.32 Å². The Labute approximate surface area is 113 Å². The van der Waals surface area contributed by atoms with Gasteiger partial charge in [0.1, 0.15) is 6.07 Å². The van der Waals surface area contributed by atoms with Crippen LogP contribution in [0.3, 0.4) is 0 Å². The Morgan fingerprint density at radius 3 is 2.61 bits per heavy atom. The number of nitriles is 1. The zero-order chi connectivity index (χ0) is 13.2. The molecule has 0 bridgehead atoms. The fraction of sp³-hybridized carbons (Fsp3) is 0.500. The zero-order valence-corrected chi connectivity index (χ0v) is 11.6. The summed E-state index contributed by atoms with van der Waals surface area (Å²) in [5.74, 6) is 0. The first kappa shape index (κ1) is 13.2. The molecular weight excluding hydrogens is 246 g/mol. The van der Waals surface area contributed by atoms with E-state index in [0.29, 0.717) is 10.6 Å². The Kier molecular flexibility index (Phi) is 3.79. The van der Waals surface area contributed by atoms with Crippen molar-refractivity contribution in [3.63, 3.8) is 0 Å². The summed E-state index contributed by atoms with van der Waals surface area (Å²) in [4.78, 5) is 2.27. The normalized spacial score (nSPS) is 18.4. The molecule has 0 aromatic heterocycles. The maximum absolute atomic E-state index is 9.17. The number of hydrogen-bond donors (Lipinski definition) is 1. The monoisotopic (exact) mass is 263 g/mol. The van der Waals surface area contributed by atoms with E-state index in [1.807, 2.05) is 19.2 Å². The van der Waals surface area contributed by atoms with Crippen LogP contribution in [0.15, 0.2) is 18.2 Å². The molecular formula is C14H18ClN3. The molecule has 4 heteroatoms. The van der Waals surface area contributed by atoms with Crippen molar-refractivity contribution >= 4 is 17.3 Å². The second kappa shape index (κ2) is 5.17. The van der Waals surface area contributed by atoms with Crippen LogP contribution in [0.25, 0.3) is 0 Å². The summed E-state index contributed by atoms with van der Waals surface area (Å²) < 4.78 is 0. The molecule has 1 saturated heterocycles. The molecule has 0 spiro atoms. The van der Waals surface area contributed by atoms with Crippen molar-refractivity contribution in [2.45, 2.75) is 25.3 Å². The summed E-state index contributed by atoms with van der Waals surface area (Å²) in [6, 6.07) is 7.76. The highest BCUT2D eigenvalue weighted by atomic mass is 35.5. The fourth-order valence-corrected chi connectivity index (χ4v) is 2.54. The minimum atomic E-state index is 0.218. The van der Waals surface area contributed by atoms with Gasteiger partial charge in [-0.25, -0.2) is 0 Å². The molecule has 1 fully saturated rings. The summed E-state index contributed by atoms with van der Waals surface area (Å²) >= 11 is 5.92. The number of nitrogens with one attached hydrogen (secondary N) is 1. The van der Waals surface area contributed by atoms with Gasteiger partial charge in [0.15, 0.2) is 0 Å². The van der Waals surface area contributed by atoms with Gasteiger partial charge in [-0.15, -0.1) is 0 Å². The lowest BCUT2D eigenvalue weighted by Crippen LogP contribution is -2.50. The number of anilines is 1. The fourth-order valence-electron chi connectivity index (χ4n) is 2.36. The van der Waals surface area contributed by atoms with Crippen LogP contribution >= 0.6 is 11.6 Å². The molecule has 1 aromatic rings. The average Bonchev–Trinajstić information content (AvgIpc) is 2.40. The lowest BCUT2D eigenvalue weighted by molar-refractivity contribution is 0.305. The minimum Gasteiger partial charge on any atom is -0.370 e. The van der Waals surface area contributed by atoms with E-state index in [4.69, 9.17) is 11.6 Å². The first-order chi connectivity index (χ1) is 8.58. The lowest BCUT2D eigenvalue weighted by atomic mass is 9.89. The number of piperidine rings is 1. The highest BCUT2D eigenvalue weighted by molar-refractivity contribution is 6.30. The van der Waals surface area contributed by atoms with Gasteiger partial charge >= 0.3 is 0 Å². The third-order valence-corrected chi connectivity index (χ3v) is 4.13. The molecule has 2 rings (SSSR count). The zero-order valence-electron chi connectivity index (χ0n) is 10.8. The number of rotatable bonds is 2. The van der Waals surface area contributed by atoms with E-state index in [1.54, 1.807) is 6.07 Å². The van der Waals surface area contributed by atoms with Crippen LogP contribution in [-0.4, -0.2) is 25.7 Å². The average molecular weight is 264 g/mol. The van der Waals surface area contributed by atoms with Crippen molar-refractivity contribution in [3.8, 4) is 6.07 Å². The van der Waals surface area contributed by atoms with E-state index in [2.05, 4.69) is 23.2 Å². The molecule has 96 valence electrons. The van der Waals surface area contributed by atoms with Crippen molar-refractivity contribution < 1.29 is 0 Å².